The molecule has 0 aliphatic heterocycles. The number of carbonyl (C=O) groups excluding carboxylic acids is 1. The minimum atomic E-state index is -0.307. The van der Waals surface area contributed by atoms with E-state index in [9.17, 15) is 9.18 Å². The van der Waals surface area contributed by atoms with Crippen LogP contribution >= 0.6 is 11.6 Å². The Hall–Kier alpha value is -2.01. The predicted octanol–water partition coefficient (Wildman–Crippen LogP) is 3.07. The van der Waals surface area contributed by atoms with Crippen molar-refractivity contribution in [2.24, 2.45) is 0 Å². The van der Waals surface area contributed by atoms with Gasteiger partial charge in [-0.2, -0.15) is 0 Å². The van der Waals surface area contributed by atoms with Crippen LogP contribution in [0.5, 0.6) is 0 Å². The van der Waals surface area contributed by atoms with Crippen molar-refractivity contribution in [3.05, 3.63) is 58.9 Å². The molecule has 0 N–H and O–H groups in total. The first kappa shape index (κ1) is 13.9. The first-order chi connectivity index (χ1) is 10.1. The SMILES string of the molecule is O=C(c1cncc(Cl)n1)N(Cc1cccc(F)c1)C1CC1. The fourth-order valence-electron chi connectivity index (χ4n) is 2.18. The van der Waals surface area contributed by atoms with Gasteiger partial charge in [0.2, 0.25) is 0 Å². The molecular weight excluding hydrogens is 293 g/mol. The molecule has 108 valence electrons. The average molecular weight is 306 g/mol. The van der Waals surface area contributed by atoms with E-state index in [2.05, 4.69) is 9.97 Å². The zero-order valence-electron chi connectivity index (χ0n) is 11.2. The minimum absolute atomic E-state index is 0.182. The van der Waals surface area contributed by atoms with Gasteiger partial charge in [-0.05, 0) is 30.5 Å². The molecule has 1 saturated carbocycles. The minimum Gasteiger partial charge on any atom is -0.330 e. The van der Waals surface area contributed by atoms with Crippen LogP contribution in [-0.2, 0) is 6.54 Å². The summed E-state index contributed by atoms with van der Waals surface area (Å²) in [5.41, 5.74) is 0.969. The Bertz CT molecular complexity index is 675. The fourth-order valence-corrected chi connectivity index (χ4v) is 2.32. The highest BCUT2D eigenvalue weighted by molar-refractivity contribution is 6.29. The third kappa shape index (κ3) is 3.36. The highest BCUT2D eigenvalue weighted by Crippen LogP contribution is 2.29. The number of benzene rings is 1. The summed E-state index contributed by atoms with van der Waals surface area (Å²) in [6, 6.07) is 6.44. The van der Waals surface area contributed by atoms with E-state index in [1.165, 1.54) is 24.5 Å². The molecule has 1 heterocycles. The first-order valence-corrected chi connectivity index (χ1v) is 7.04. The zero-order chi connectivity index (χ0) is 14.8. The van der Waals surface area contributed by atoms with Gasteiger partial charge in [0.05, 0.1) is 12.4 Å². The summed E-state index contributed by atoms with van der Waals surface area (Å²) in [4.78, 5) is 22.1. The molecule has 1 aromatic carbocycles. The standard InChI is InChI=1S/C15H13ClFN3O/c16-14-8-18-7-13(19-14)15(21)20(12-4-5-12)9-10-2-1-3-11(17)6-10/h1-3,6-8,12H,4-5,9H2. The smallest absolute Gasteiger partial charge is 0.274 e. The van der Waals surface area contributed by atoms with Gasteiger partial charge in [0.1, 0.15) is 16.7 Å². The molecular formula is C15H13ClFN3O. The van der Waals surface area contributed by atoms with Crippen LogP contribution in [0.1, 0.15) is 28.9 Å². The lowest BCUT2D eigenvalue weighted by Gasteiger charge is -2.22. The number of aromatic nitrogens is 2. The average Bonchev–Trinajstić information content (AvgIpc) is 3.29. The van der Waals surface area contributed by atoms with Crippen LogP contribution in [0.25, 0.3) is 0 Å². The fraction of sp³-hybridized carbons (Fsp3) is 0.267. The summed E-state index contributed by atoms with van der Waals surface area (Å²) in [5, 5.41) is 0.183. The molecule has 0 spiro atoms. The van der Waals surface area contributed by atoms with Crippen molar-refractivity contribution >= 4 is 17.5 Å². The van der Waals surface area contributed by atoms with Crippen LogP contribution in [0.15, 0.2) is 36.7 Å². The second kappa shape index (κ2) is 5.77. The molecule has 4 nitrogen and oxygen atoms in total. The molecule has 0 bridgehead atoms. The molecule has 0 radical (unpaired) electrons. The van der Waals surface area contributed by atoms with Crippen LogP contribution in [0.3, 0.4) is 0 Å². The van der Waals surface area contributed by atoms with E-state index in [4.69, 9.17) is 11.6 Å². The molecule has 1 fully saturated rings. The van der Waals surface area contributed by atoms with Crippen molar-refractivity contribution < 1.29 is 9.18 Å². The van der Waals surface area contributed by atoms with Gasteiger partial charge >= 0.3 is 0 Å². The van der Waals surface area contributed by atoms with E-state index < -0.39 is 0 Å². The zero-order valence-corrected chi connectivity index (χ0v) is 11.9. The summed E-state index contributed by atoms with van der Waals surface area (Å²) >= 11 is 5.78. The van der Waals surface area contributed by atoms with Gasteiger partial charge in [-0.1, -0.05) is 23.7 Å². The summed E-state index contributed by atoms with van der Waals surface area (Å²) in [6.07, 6.45) is 4.69. The van der Waals surface area contributed by atoms with Crippen LogP contribution in [-0.4, -0.2) is 26.8 Å². The van der Waals surface area contributed by atoms with Crippen molar-refractivity contribution in [1.29, 1.82) is 0 Å². The van der Waals surface area contributed by atoms with Crippen LogP contribution in [0.4, 0.5) is 4.39 Å². The monoisotopic (exact) mass is 305 g/mol. The number of halogens is 2. The largest absolute Gasteiger partial charge is 0.330 e. The van der Waals surface area contributed by atoms with Crippen LogP contribution in [0, 0.1) is 5.82 Å². The number of carbonyl (C=O) groups is 1. The van der Waals surface area contributed by atoms with E-state index in [-0.39, 0.29) is 28.6 Å². The Morgan fingerprint density at radius 3 is 2.86 bits per heavy atom. The van der Waals surface area contributed by atoms with Gasteiger partial charge in [0.15, 0.2) is 0 Å². The Kier molecular flexibility index (Phi) is 3.84. The summed E-state index contributed by atoms with van der Waals surface area (Å²) in [7, 11) is 0. The van der Waals surface area contributed by atoms with Crippen LogP contribution in [0.2, 0.25) is 5.15 Å². The van der Waals surface area contributed by atoms with Crippen molar-refractivity contribution in [1.82, 2.24) is 14.9 Å². The second-order valence-corrected chi connectivity index (χ2v) is 5.41. The molecule has 6 heteroatoms. The molecule has 1 aliphatic carbocycles. The van der Waals surface area contributed by atoms with Crippen molar-refractivity contribution in [3.8, 4) is 0 Å². The Morgan fingerprint density at radius 1 is 1.38 bits per heavy atom. The summed E-state index contributed by atoms with van der Waals surface area (Å²) in [6.45, 7) is 0.357. The Morgan fingerprint density at radius 2 is 2.19 bits per heavy atom. The Balaban J connectivity index is 1.83. The van der Waals surface area contributed by atoms with E-state index in [1.807, 2.05) is 0 Å². The molecule has 1 amide bonds. The normalized spacial score (nSPS) is 14.0. The van der Waals surface area contributed by atoms with Crippen molar-refractivity contribution in [3.63, 3.8) is 0 Å². The lowest BCUT2D eigenvalue weighted by atomic mass is 10.2. The molecule has 3 rings (SSSR count). The first-order valence-electron chi connectivity index (χ1n) is 6.66. The lowest BCUT2D eigenvalue weighted by molar-refractivity contribution is 0.0723. The second-order valence-electron chi connectivity index (χ2n) is 5.02. The Labute approximate surface area is 126 Å². The number of hydrogen-bond donors (Lipinski definition) is 0. The van der Waals surface area contributed by atoms with Gasteiger partial charge in [-0.15, -0.1) is 0 Å². The van der Waals surface area contributed by atoms with Crippen molar-refractivity contribution in [2.45, 2.75) is 25.4 Å². The number of rotatable bonds is 4. The molecule has 0 saturated heterocycles. The number of hydrogen-bond acceptors (Lipinski definition) is 3. The third-order valence-corrected chi connectivity index (χ3v) is 3.50. The maximum atomic E-state index is 13.3. The lowest BCUT2D eigenvalue weighted by Crippen LogP contribution is -2.33. The van der Waals surface area contributed by atoms with Crippen LogP contribution < -0.4 is 0 Å². The molecule has 2 aromatic rings. The van der Waals surface area contributed by atoms with E-state index in [0.717, 1.165) is 18.4 Å². The maximum Gasteiger partial charge on any atom is 0.274 e. The quantitative estimate of drug-likeness (QED) is 0.872. The molecule has 0 atom stereocenters. The summed E-state index contributed by atoms with van der Waals surface area (Å²) < 4.78 is 13.3. The molecule has 1 aliphatic rings. The third-order valence-electron chi connectivity index (χ3n) is 3.31. The van der Waals surface area contributed by atoms with Gasteiger partial charge in [0.25, 0.3) is 5.91 Å². The predicted molar refractivity (Wildman–Crippen MR) is 76.3 cm³/mol. The van der Waals surface area contributed by atoms with E-state index in [0.29, 0.717) is 6.54 Å². The van der Waals surface area contributed by atoms with Gasteiger partial charge in [-0.3, -0.25) is 9.78 Å². The summed E-state index contributed by atoms with van der Waals surface area (Å²) in [5.74, 6) is -0.532. The number of nitrogens with zero attached hydrogens (tertiary/aromatic N) is 3. The van der Waals surface area contributed by atoms with Crippen molar-refractivity contribution in [2.75, 3.05) is 0 Å². The number of amides is 1. The topological polar surface area (TPSA) is 46.1 Å². The molecule has 1 aromatic heterocycles. The highest BCUT2D eigenvalue weighted by atomic mass is 35.5. The van der Waals surface area contributed by atoms with Gasteiger partial charge < -0.3 is 4.90 Å². The van der Waals surface area contributed by atoms with Gasteiger partial charge in [-0.25, -0.2) is 9.37 Å². The van der Waals surface area contributed by atoms with E-state index >= 15 is 0 Å². The maximum absolute atomic E-state index is 13.3. The highest BCUT2D eigenvalue weighted by Gasteiger charge is 2.33. The molecule has 0 unspecified atom stereocenters. The van der Waals surface area contributed by atoms with E-state index in [1.54, 1.807) is 17.0 Å². The van der Waals surface area contributed by atoms with Gasteiger partial charge in [0, 0.05) is 12.6 Å². The molecule has 21 heavy (non-hydrogen) atoms.